The fraction of sp³-hybridized carbons (Fsp3) is 0.500. The molecule has 6 nitrogen and oxygen atoms in total. The van der Waals surface area contributed by atoms with Gasteiger partial charge in [-0.05, 0) is 31.7 Å². The van der Waals surface area contributed by atoms with Crippen molar-refractivity contribution in [3.8, 4) is 0 Å². The van der Waals surface area contributed by atoms with Crippen LogP contribution in [0.3, 0.4) is 0 Å². The molecule has 0 saturated heterocycles. The van der Waals surface area contributed by atoms with Crippen molar-refractivity contribution in [2.24, 2.45) is 5.92 Å². The summed E-state index contributed by atoms with van der Waals surface area (Å²) in [6, 6.07) is 1.48. The third kappa shape index (κ3) is 3.00. The molecule has 0 radical (unpaired) electrons. The molecule has 1 aliphatic rings. The van der Waals surface area contributed by atoms with E-state index in [9.17, 15) is 13.2 Å². The summed E-state index contributed by atoms with van der Waals surface area (Å²) in [5.41, 5.74) is 0.587. The van der Waals surface area contributed by atoms with Gasteiger partial charge in [-0.3, -0.25) is 4.72 Å². The molecule has 2 rings (SSSR count). The molecule has 3 N–H and O–H groups in total. The first-order valence-corrected chi connectivity index (χ1v) is 6.96. The summed E-state index contributed by atoms with van der Waals surface area (Å²) in [5.74, 6) is -0.890. The molecular weight excluding hydrogens is 244 g/mol. The molecule has 0 aromatic carbocycles. The Balaban J connectivity index is 2.19. The number of H-pyrrole nitrogens is 1. The third-order valence-corrected chi connectivity index (χ3v) is 4.02. The Kier molecular flexibility index (Phi) is 2.86. The maximum Gasteiger partial charge on any atom is 0.354 e. The van der Waals surface area contributed by atoms with Gasteiger partial charge in [0, 0.05) is 5.69 Å². The average Bonchev–Trinajstić information content (AvgIpc) is 2.88. The summed E-state index contributed by atoms with van der Waals surface area (Å²) < 4.78 is 25.8. The molecule has 1 saturated carbocycles. The Hall–Kier alpha value is -1.50. The van der Waals surface area contributed by atoms with Crippen molar-refractivity contribution >= 4 is 21.7 Å². The Bertz CT molecular complexity index is 543. The average molecular weight is 258 g/mol. The molecule has 7 heteroatoms. The topological polar surface area (TPSA) is 99.3 Å². The molecule has 0 spiro atoms. The number of sulfonamides is 1. The van der Waals surface area contributed by atoms with E-state index in [1.165, 1.54) is 6.07 Å². The van der Waals surface area contributed by atoms with Crippen LogP contribution in [0.4, 0.5) is 5.69 Å². The number of carboxylic acids is 1. The lowest BCUT2D eigenvalue weighted by atomic mass is 10.4. The first-order valence-electron chi connectivity index (χ1n) is 5.31. The van der Waals surface area contributed by atoms with Crippen molar-refractivity contribution in [3.05, 3.63) is 17.5 Å². The lowest BCUT2D eigenvalue weighted by molar-refractivity contribution is 0.0692. The Labute approximate surface area is 99.1 Å². The highest BCUT2D eigenvalue weighted by atomic mass is 32.2. The fourth-order valence-corrected chi connectivity index (χ4v) is 3.18. The Morgan fingerprint density at radius 2 is 2.24 bits per heavy atom. The lowest BCUT2D eigenvalue weighted by Crippen LogP contribution is -2.19. The van der Waals surface area contributed by atoms with E-state index in [1.807, 2.05) is 0 Å². The Morgan fingerprint density at radius 3 is 2.76 bits per heavy atom. The standard InChI is InChI=1S/C10H14N2O4S/c1-6-4-8(9(11-6)10(13)14)12-17(15,16)5-7-2-3-7/h4,7,11-12H,2-3,5H2,1H3,(H,13,14). The van der Waals surface area contributed by atoms with E-state index in [2.05, 4.69) is 9.71 Å². The van der Waals surface area contributed by atoms with Gasteiger partial charge in [-0.15, -0.1) is 0 Å². The SMILES string of the molecule is Cc1cc(NS(=O)(=O)CC2CC2)c(C(=O)O)[nH]1. The number of carboxylic acid groups (broad SMARTS) is 1. The summed E-state index contributed by atoms with van der Waals surface area (Å²) in [7, 11) is -3.45. The van der Waals surface area contributed by atoms with Crippen molar-refractivity contribution in [1.29, 1.82) is 0 Å². The molecule has 0 aliphatic heterocycles. The van der Waals surface area contributed by atoms with Crippen LogP contribution in [0.2, 0.25) is 0 Å². The van der Waals surface area contributed by atoms with Gasteiger partial charge in [-0.25, -0.2) is 13.2 Å². The largest absolute Gasteiger partial charge is 0.477 e. The maximum absolute atomic E-state index is 11.7. The summed E-state index contributed by atoms with van der Waals surface area (Å²) >= 11 is 0. The van der Waals surface area contributed by atoms with E-state index in [0.717, 1.165) is 12.8 Å². The molecule has 1 aromatic rings. The molecule has 0 atom stereocenters. The zero-order chi connectivity index (χ0) is 12.6. The van der Waals surface area contributed by atoms with Crippen molar-refractivity contribution in [1.82, 2.24) is 4.98 Å². The number of aromatic carboxylic acids is 1. The number of aromatic nitrogens is 1. The monoisotopic (exact) mass is 258 g/mol. The number of aromatic amines is 1. The van der Waals surface area contributed by atoms with E-state index in [-0.39, 0.29) is 23.1 Å². The highest BCUT2D eigenvalue weighted by molar-refractivity contribution is 7.92. The van der Waals surface area contributed by atoms with Gasteiger partial charge in [0.1, 0.15) is 5.69 Å². The van der Waals surface area contributed by atoms with Crippen molar-refractivity contribution in [2.75, 3.05) is 10.5 Å². The predicted molar refractivity (Wildman–Crippen MR) is 62.6 cm³/mol. The zero-order valence-corrected chi connectivity index (χ0v) is 10.2. The van der Waals surface area contributed by atoms with Crippen LogP contribution < -0.4 is 4.72 Å². The third-order valence-electron chi connectivity index (χ3n) is 2.58. The molecule has 0 unspecified atom stereocenters. The van der Waals surface area contributed by atoms with Crippen LogP contribution in [0.25, 0.3) is 0 Å². The van der Waals surface area contributed by atoms with Gasteiger partial charge in [-0.2, -0.15) is 0 Å². The fourth-order valence-electron chi connectivity index (χ4n) is 1.64. The molecule has 0 bridgehead atoms. The number of aryl methyl sites for hydroxylation is 1. The highest BCUT2D eigenvalue weighted by Gasteiger charge is 2.29. The van der Waals surface area contributed by atoms with Crippen LogP contribution in [-0.4, -0.2) is 30.2 Å². The second kappa shape index (κ2) is 4.06. The van der Waals surface area contributed by atoms with Crippen LogP contribution in [0.1, 0.15) is 29.0 Å². The Morgan fingerprint density at radius 1 is 1.59 bits per heavy atom. The van der Waals surface area contributed by atoms with E-state index < -0.39 is 16.0 Å². The predicted octanol–water partition coefficient (Wildman–Crippen LogP) is 1.17. The highest BCUT2D eigenvalue weighted by Crippen LogP contribution is 2.31. The van der Waals surface area contributed by atoms with Crippen molar-refractivity contribution < 1.29 is 18.3 Å². The molecule has 1 fully saturated rings. The van der Waals surface area contributed by atoms with Crippen LogP contribution in [0.5, 0.6) is 0 Å². The summed E-state index contributed by atoms with van der Waals surface area (Å²) in [6.45, 7) is 1.67. The lowest BCUT2D eigenvalue weighted by Gasteiger charge is -2.06. The number of carbonyl (C=O) groups is 1. The summed E-state index contributed by atoms with van der Waals surface area (Å²) in [6.07, 6.45) is 1.86. The summed E-state index contributed by atoms with van der Waals surface area (Å²) in [4.78, 5) is 13.5. The smallest absolute Gasteiger partial charge is 0.354 e. The molecule has 17 heavy (non-hydrogen) atoms. The van der Waals surface area contributed by atoms with Crippen LogP contribution >= 0.6 is 0 Å². The van der Waals surface area contributed by atoms with Gasteiger partial charge in [0.2, 0.25) is 10.0 Å². The van der Waals surface area contributed by atoms with E-state index >= 15 is 0 Å². The minimum absolute atomic E-state index is 0.0658. The first-order chi connectivity index (χ1) is 7.87. The van der Waals surface area contributed by atoms with Crippen molar-refractivity contribution in [3.63, 3.8) is 0 Å². The van der Waals surface area contributed by atoms with Crippen LogP contribution in [-0.2, 0) is 10.0 Å². The minimum atomic E-state index is -3.45. The number of hydrogen-bond donors (Lipinski definition) is 3. The number of nitrogens with one attached hydrogen (secondary N) is 2. The van der Waals surface area contributed by atoms with Gasteiger partial charge in [0.15, 0.2) is 0 Å². The number of rotatable bonds is 5. The van der Waals surface area contributed by atoms with E-state index in [0.29, 0.717) is 5.69 Å². The second-order valence-corrected chi connectivity index (χ2v) is 6.14. The van der Waals surface area contributed by atoms with Gasteiger partial charge in [0.05, 0.1) is 11.4 Å². The van der Waals surface area contributed by atoms with Crippen LogP contribution in [0, 0.1) is 12.8 Å². The van der Waals surface area contributed by atoms with Crippen LogP contribution in [0.15, 0.2) is 6.07 Å². The summed E-state index contributed by atoms with van der Waals surface area (Å²) in [5, 5.41) is 8.90. The van der Waals surface area contributed by atoms with E-state index in [4.69, 9.17) is 5.11 Å². The molecule has 0 amide bonds. The number of anilines is 1. The second-order valence-electron chi connectivity index (χ2n) is 4.37. The van der Waals surface area contributed by atoms with E-state index in [1.54, 1.807) is 6.92 Å². The van der Waals surface area contributed by atoms with Crippen molar-refractivity contribution in [2.45, 2.75) is 19.8 Å². The normalized spacial score (nSPS) is 15.8. The first kappa shape index (κ1) is 12.0. The van der Waals surface area contributed by atoms with Gasteiger partial charge >= 0.3 is 5.97 Å². The zero-order valence-electron chi connectivity index (χ0n) is 9.36. The van der Waals surface area contributed by atoms with Gasteiger partial charge in [-0.1, -0.05) is 0 Å². The number of hydrogen-bond acceptors (Lipinski definition) is 3. The molecule has 1 heterocycles. The van der Waals surface area contributed by atoms with Gasteiger partial charge < -0.3 is 10.1 Å². The van der Waals surface area contributed by atoms with Gasteiger partial charge in [0.25, 0.3) is 0 Å². The quantitative estimate of drug-likeness (QED) is 0.738. The molecule has 1 aliphatic carbocycles. The molecular formula is C10H14N2O4S. The molecule has 1 aromatic heterocycles. The molecule has 94 valence electrons. The maximum atomic E-state index is 11.7. The minimum Gasteiger partial charge on any atom is -0.477 e.